The van der Waals surface area contributed by atoms with Gasteiger partial charge in [0, 0.05) is 6.04 Å². The minimum Gasteiger partial charge on any atom is -0.477 e. The van der Waals surface area contributed by atoms with Gasteiger partial charge in [0.2, 0.25) is 0 Å². The summed E-state index contributed by atoms with van der Waals surface area (Å²) in [5.41, 5.74) is 0.755. The summed E-state index contributed by atoms with van der Waals surface area (Å²) in [6.07, 6.45) is 3.74. The summed E-state index contributed by atoms with van der Waals surface area (Å²) >= 11 is 3.19. The monoisotopic (exact) mass is 309 g/mol. The number of rotatable bonds is 3. The van der Waals surface area contributed by atoms with E-state index in [0.29, 0.717) is 10.9 Å². The Labute approximate surface area is 124 Å². The number of hydrogen-bond acceptors (Lipinski definition) is 6. The molecule has 1 fully saturated rings. The topological polar surface area (TPSA) is 75.1 Å². The molecule has 0 radical (unpaired) electrons. The van der Waals surface area contributed by atoms with Gasteiger partial charge in [0.25, 0.3) is 0 Å². The number of anilines is 1. The quantitative estimate of drug-likeness (QED) is 0.908. The van der Waals surface area contributed by atoms with Crippen LogP contribution in [0.4, 0.5) is 5.82 Å². The van der Waals surface area contributed by atoms with Gasteiger partial charge in [-0.05, 0) is 36.8 Å². The van der Waals surface area contributed by atoms with Gasteiger partial charge >= 0.3 is 5.97 Å². The molecule has 2 N–H and O–H groups in total. The van der Waals surface area contributed by atoms with Crippen LogP contribution >= 0.6 is 23.1 Å². The van der Waals surface area contributed by atoms with E-state index in [1.807, 2.05) is 18.7 Å². The minimum atomic E-state index is -0.898. The number of fused-ring (bicyclic) bond motifs is 1. The van der Waals surface area contributed by atoms with E-state index in [9.17, 15) is 9.90 Å². The second kappa shape index (κ2) is 5.57. The first-order valence-corrected chi connectivity index (χ1v) is 8.45. The van der Waals surface area contributed by atoms with Crippen molar-refractivity contribution in [2.45, 2.75) is 25.8 Å². The lowest BCUT2D eigenvalue weighted by Gasteiger charge is -2.23. The van der Waals surface area contributed by atoms with Crippen LogP contribution in [0.25, 0.3) is 10.2 Å². The molecule has 0 bridgehead atoms. The van der Waals surface area contributed by atoms with Crippen LogP contribution in [0.1, 0.15) is 28.1 Å². The molecule has 0 spiro atoms. The van der Waals surface area contributed by atoms with E-state index in [-0.39, 0.29) is 0 Å². The highest BCUT2D eigenvalue weighted by Crippen LogP contribution is 2.34. The van der Waals surface area contributed by atoms with Gasteiger partial charge in [-0.15, -0.1) is 11.3 Å². The number of aryl methyl sites for hydroxylation is 1. The molecule has 5 nitrogen and oxygen atoms in total. The first-order valence-electron chi connectivity index (χ1n) is 6.48. The van der Waals surface area contributed by atoms with Gasteiger partial charge in [0.05, 0.1) is 5.39 Å². The summed E-state index contributed by atoms with van der Waals surface area (Å²) in [4.78, 5) is 20.8. The molecule has 2 aromatic heterocycles. The first kappa shape index (κ1) is 13.6. The van der Waals surface area contributed by atoms with Crippen LogP contribution < -0.4 is 5.32 Å². The predicted molar refractivity (Wildman–Crippen MR) is 83.1 cm³/mol. The summed E-state index contributed by atoms with van der Waals surface area (Å²) in [7, 11) is 0. The average Bonchev–Trinajstić information content (AvgIpc) is 2.79. The molecular formula is C13H15N3O2S2. The van der Waals surface area contributed by atoms with Crippen LogP contribution in [-0.2, 0) is 0 Å². The lowest BCUT2D eigenvalue weighted by molar-refractivity contribution is 0.0701. The number of nitrogens with zero attached hydrogens (tertiary/aromatic N) is 2. The Bertz CT molecular complexity index is 650. The number of nitrogens with one attached hydrogen (secondary N) is 1. The largest absolute Gasteiger partial charge is 0.477 e. The van der Waals surface area contributed by atoms with E-state index in [2.05, 4.69) is 15.3 Å². The van der Waals surface area contributed by atoms with E-state index in [1.54, 1.807) is 0 Å². The maximum atomic E-state index is 11.2. The van der Waals surface area contributed by atoms with E-state index < -0.39 is 5.97 Å². The molecule has 0 amide bonds. The third-order valence-electron chi connectivity index (χ3n) is 3.48. The average molecular weight is 309 g/mol. The van der Waals surface area contributed by atoms with Crippen molar-refractivity contribution in [2.24, 2.45) is 0 Å². The fourth-order valence-corrected chi connectivity index (χ4v) is 4.51. The SMILES string of the molecule is Cc1c(C(=O)O)sc2ncnc(NC3CCSCC3)c12. The molecule has 7 heteroatoms. The second-order valence-electron chi connectivity index (χ2n) is 4.79. The standard InChI is InChI=1S/C13H15N3O2S2/c1-7-9-11(16-8-2-4-19-5-3-8)14-6-15-12(9)20-10(7)13(17)18/h6,8H,2-5H2,1H3,(H,17,18)(H,14,15,16). The normalized spacial score (nSPS) is 16.4. The number of thioether (sulfide) groups is 1. The summed E-state index contributed by atoms with van der Waals surface area (Å²) < 4.78 is 0. The predicted octanol–water partition coefficient (Wildman–Crippen LogP) is 3.01. The molecule has 106 valence electrons. The smallest absolute Gasteiger partial charge is 0.346 e. The highest BCUT2D eigenvalue weighted by atomic mass is 32.2. The van der Waals surface area contributed by atoms with Crippen molar-refractivity contribution in [1.82, 2.24) is 9.97 Å². The maximum Gasteiger partial charge on any atom is 0.346 e. The highest BCUT2D eigenvalue weighted by molar-refractivity contribution is 7.99. The fourth-order valence-electron chi connectivity index (χ4n) is 2.42. The molecule has 0 atom stereocenters. The minimum absolute atomic E-state index is 0.350. The number of thiophene rings is 1. The number of aromatic nitrogens is 2. The Morgan fingerprint density at radius 3 is 2.85 bits per heavy atom. The van der Waals surface area contributed by atoms with Crippen molar-refractivity contribution in [2.75, 3.05) is 16.8 Å². The molecule has 20 heavy (non-hydrogen) atoms. The third-order valence-corrected chi connectivity index (χ3v) is 5.72. The van der Waals surface area contributed by atoms with Crippen LogP contribution in [0, 0.1) is 6.92 Å². The van der Waals surface area contributed by atoms with Gasteiger partial charge in [0.1, 0.15) is 21.9 Å². The Morgan fingerprint density at radius 1 is 1.40 bits per heavy atom. The van der Waals surface area contributed by atoms with Crippen LogP contribution in [-0.4, -0.2) is 38.6 Å². The molecular weight excluding hydrogens is 294 g/mol. The van der Waals surface area contributed by atoms with Crippen molar-refractivity contribution in [1.29, 1.82) is 0 Å². The Hall–Kier alpha value is -1.34. The molecule has 0 aliphatic carbocycles. The first-order chi connectivity index (χ1) is 9.66. The number of carboxylic acid groups (broad SMARTS) is 1. The number of aromatic carboxylic acids is 1. The molecule has 2 aromatic rings. The molecule has 1 aliphatic rings. The molecule has 3 heterocycles. The zero-order chi connectivity index (χ0) is 14.1. The van der Waals surface area contributed by atoms with Crippen LogP contribution in [0.2, 0.25) is 0 Å². The van der Waals surface area contributed by atoms with Crippen molar-refractivity contribution in [3.63, 3.8) is 0 Å². The summed E-state index contributed by atoms with van der Waals surface area (Å²) in [6.45, 7) is 1.83. The lowest BCUT2D eigenvalue weighted by Crippen LogP contribution is -2.25. The van der Waals surface area contributed by atoms with Crippen LogP contribution in [0.15, 0.2) is 6.33 Å². The summed E-state index contributed by atoms with van der Waals surface area (Å²) in [5.74, 6) is 2.20. The highest BCUT2D eigenvalue weighted by Gasteiger charge is 2.20. The van der Waals surface area contributed by atoms with Crippen molar-refractivity contribution >= 4 is 45.1 Å². The van der Waals surface area contributed by atoms with Gasteiger partial charge in [-0.1, -0.05) is 0 Å². The van der Waals surface area contributed by atoms with Gasteiger partial charge in [-0.3, -0.25) is 0 Å². The fraction of sp³-hybridized carbons (Fsp3) is 0.462. The molecule has 1 saturated heterocycles. The zero-order valence-electron chi connectivity index (χ0n) is 11.0. The van der Waals surface area contributed by atoms with Gasteiger partial charge in [-0.2, -0.15) is 11.8 Å². The molecule has 0 saturated carbocycles. The molecule has 1 aliphatic heterocycles. The van der Waals surface area contributed by atoms with E-state index in [1.165, 1.54) is 17.7 Å². The van der Waals surface area contributed by atoms with E-state index >= 15 is 0 Å². The Morgan fingerprint density at radius 2 is 2.15 bits per heavy atom. The van der Waals surface area contributed by atoms with E-state index in [0.717, 1.165) is 45.9 Å². The van der Waals surface area contributed by atoms with Gasteiger partial charge < -0.3 is 10.4 Å². The lowest BCUT2D eigenvalue weighted by atomic mass is 10.1. The molecule has 0 aromatic carbocycles. The Kier molecular flexibility index (Phi) is 3.80. The second-order valence-corrected chi connectivity index (χ2v) is 7.02. The molecule has 0 unspecified atom stereocenters. The number of hydrogen-bond donors (Lipinski definition) is 2. The summed E-state index contributed by atoms with van der Waals surface area (Å²) in [6, 6.07) is 0.418. The number of carbonyl (C=O) groups is 1. The van der Waals surface area contributed by atoms with Crippen molar-refractivity contribution < 1.29 is 9.90 Å². The van der Waals surface area contributed by atoms with Crippen LogP contribution in [0.3, 0.4) is 0 Å². The van der Waals surface area contributed by atoms with Crippen molar-refractivity contribution in [3.05, 3.63) is 16.8 Å². The van der Waals surface area contributed by atoms with Gasteiger partial charge in [-0.25, -0.2) is 14.8 Å². The van der Waals surface area contributed by atoms with Crippen molar-refractivity contribution in [3.8, 4) is 0 Å². The van der Waals surface area contributed by atoms with E-state index in [4.69, 9.17) is 0 Å². The third kappa shape index (κ3) is 2.47. The van der Waals surface area contributed by atoms with Crippen LogP contribution in [0.5, 0.6) is 0 Å². The Balaban J connectivity index is 1.99. The van der Waals surface area contributed by atoms with Gasteiger partial charge in [0.15, 0.2) is 0 Å². The summed E-state index contributed by atoms with van der Waals surface area (Å²) in [5, 5.41) is 13.5. The molecule has 3 rings (SSSR count). The zero-order valence-corrected chi connectivity index (χ0v) is 12.7. The maximum absolute atomic E-state index is 11.2. The number of carboxylic acids is 1.